The zero-order chi connectivity index (χ0) is 17.6. The minimum Gasteiger partial charge on any atom is -0.482 e. The first kappa shape index (κ1) is 16.8. The Labute approximate surface area is 146 Å². The van der Waals surface area contributed by atoms with E-state index in [1.165, 1.54) is 0 Å². The Bertz CT molecular complexity index is 855. The number of ether oxygens (including phenoxy) is 2. The van der Waals surface area contributed by atoms with Crippen molar-refractivity contribution in [3.05, 3.63) is 71.6 Å². The number of carbonyl (C=O) groups is 1. The van der Waals surface area contributed by atoms with Crippen molar-refractivity contribution in [3.8, 4) is 17.2 Å². The first-order valence-electron chi connectivity index (χ1n) is 7.99. The largest absolute Gasteiger partial charge is 0.482 e. The van der Waals surface area contributed by atoms with Crippen LogP contribution in [-0.2, 0) is 16.1 Å². The summed E-state index contributed by atoms with van der Waals surface area (Å²) in [5, 5.41) is 0. The number of esters is 1. The van der Waals surface area contributed by atoms with Crippen LogP contribution in [-0.4, -0.2) is 17.6 Å². The fraction of sp³-hybridized carbons (Fsp3) is 0.200. The normalized spacial score (nSPS) is 10.5. The van der Waals surface area contributed by atoms with Crippen molar-refractivity contribution in [2.24, 2.45) is 0 Å². The van der Waals surface area contributed by atoms with Crippen LogP contribution in [0.15, 0.2) is 59.0 Å². The second-order valence-electron chi connectivity index (χ2n) is 5.60. The monoisotopic (exact) mass is 337 g/mol. The van der Waals surface area contributed by atoms with Gasteiger partial charge in [-0.25, -0.2) is 9.78 Å². The van der Waals surface area contributed by atoms with Crippen LogP contribution < -0.4 is 4.74 Å². The Morgan fingerprint density at radius 2 is 1.76 bits per heavy atom. The lowest BCUT2D eigenvalue weighted by atomic mass is 10.2. The van der Waals surface area contributed by atoms with Gasteiger partial charge in [0.25, 0.3) is 0 Å². The van der Waals surface area contributed by atoms with E-state index in [-0.39, 0.29) is 13.2 Å². The van der Waals surface area contributed by atoms with Gasteiger partial charge in [0.1, 0.15) is 23.8 Å². The van der Waals surface area contributed by atoms with E-state index in [4.69, 9.17) is 13.9 Å². The summed E-state index contributed by atoms with van der Waals surface area (Å²) in [4.78, 5) is 16.3. The number of hydrogen-bond donors (Lipinski definition) is 0. The van der Waals surface area contributed by atoms with Gasteiger partial charge in [-0.2, -0.15) is 0 Å². The van der Waals surface area contributed by atoms with Crippen molar-refractivity contribution in [1.82, 2.24) is 4.98 Å². The van der Waals surface area contributed by atoms with Crippen molar-refractivity contribution < 1.29 is 18.7 Å². The predicted octanol–water partition coefficient (Wildman–Crippen LogP) is 4.08. The topological polar surface area (TPSA) is 61.6 Å². The van der Waals surface area contributed by atoms with Crippen molar-refractivity contribution in [2.75, 3.05) is 6.61 Å². The summed E-state index contributed by atoms with van der Waals surface area (Å²) in [6.45, 7) is 3.63. The van der Waals surface area contributed by atoms with Crippen LogP contribution in [0, 0.1) is 13.8 Å². The van der Waals surface area contributed by atoms with E-state index in [1.54, 1.807) is 6.92 Å². The molecule has 25 heavy (non-hydrogen) atoms. The third-order valence-corrected chi connectivity index (χ3v) is 3.72. The maximum absolute atomic E-state index is 11.9. The van der Waals surface area contributed by atoms with E-state index in [2.05, 4.69) is 4.98 Å². The molecule has 0 aliphatic heterocycles. The Morgan fingerprint density at radius 3 is 2.52 bits per heavy atom. The average molecular weight is 337 g/mol. The Hall–Kier alpha value is -3.08. The van der Waals surface area contributed by atoms with E-state index in [1.807, 2.05) is 61.5 Å². The number of aryl methyl sites for hydroxylation is 2. The van der Waals surface area contributed by atoms with Crippen LogP contribution >= 0.6 is 0 Å². The molecule has 0 fully saturated rings. The summed E-state index contributed by atoms with van der Waals surface area (Å²) >= 11 is 0. The molecule has 1 heterocycles. The van der Waals surface area contributed by atoms with Gasteiger partial charge in [0.15, 0.2) is 6.61 Å². The molecule has 0 spiro atoms. The molecule has 0 bridgehead atoms. The van der Waals surface area contributed by atoms with E-state index in [9.17, 15) is 4.79 Å². The number of benzene rings is 2. The van der Waals surface area contributed by atoms with Crippen molar-refractivity contribution in [2.45, 2.75) is 20.5 Å². The number of carbonyl (C=O) groups excluding carboxylic acids is 1. The molecule has 0 amide bonds. The lowest BCUT2D eigenvalue weighted by Crippen LogP contribution is -2.15. The van der Waals surface area contributed by atoms with Gasteiger partial charge < -0.3 is 13.9 Å². The first-order chi connectivity index (χ1) is 12.1. The number of aromatic nitrogens is 1. The molecule has 0 aliphatic carbocycles. The molecule has 3 rings (SSSR count). The molecule has 2 aromatic carbocycles. The van der Waals surface area contributed by atoms with Gasteiger partial charge in [-0.3, -0.25) is 0 Å². The zero-order valence-corrected chi connectivity index (χ0v) is 14.2. The SMILES string of the molecule is Cc1ccccc1OCC(=O)OCc1nc(-c2ccccc2)oc1C. The lowest BCUT2D eigenvalue weighted by molar-refractivity contribution is -0.147. The molecule has 0 N–H and O–H groups in total. The highest BCUT2D eigenvalue weighted by Crippen LogP contribution is 2.22. The molecule has 3 aromatic rings. The summed E-state index contributed by atoms with van der Waals surface area (Å²) in [5.41, 5.74) is 2.45. The summed E-state index contributed by atoms with van der Waals surface area (Å²) < 4.78 is 16.4. The predicted molar refractivity (Wildman–Crippen MR) is 93.1 cm³/mol. The van der Waals surface area contributed by atoms with Crippen molar-refractivity contribution >= 4 is 5.97 Å². The molecule has 5 heteroatoms. The van der Waals surface area contributed by atoms with Gasteiger partial charge in [-0.05, 0) is 37.6 Å². The molecule has 0 saturated carbocycles. The average Bonchev–Trinajstić information content (AvgIpc) is 3.01. The third kappa shape index (κ3) is 4.26. The standard InChI is InChI=1S/C20H19NO4/c1-14-8-6-7-11-18(14)23-13-19(22)24-12-17-15(2)25-20(21-17)16-9-4-3-5-10-16/h3-11H,12-13H2,1-2H3. The van der Waals surface area contributed by atoms with Gasteiger partial charge in [-0.15, -0.1) is 0 Å². The van der Waals surface area contributed by atoms with Gasteiger partial charge >= 0.3 is 5.97 Å². The fourth-order valence-corrected chi connectivity index (χ4v) is 2.31. The number of oxazole rings is 1. The molecular weight excluding hydrogens is 318 g/mol. The molecule has 0 aliphatic rings. The van der Waals surface area contributed by atoms with Crippen LogP contribution in [0.3, 0.4) is 0 Å². The number of para-hydroxylation sites is 1. The molecule has 128 valence electrons. The second kappa shape index (κ2) is 7.66. The molecule has 0 atom stereocenters. The van der Waals surface area contributed by atoms with Gasteiger partial charge in [0.05, 0.1) is 0 Å². The molecule has 0 radical (unpaired) electrons. The van der Waals surface area contributed by atoms with E-state index in [0.29, 0.717) is 23.1 Å². The Kier molecular flexibility index (Phi) is 5.14. The summed E-state index contributed by atoms with van der Waals surface area (Å²) in [6.07, 6.45) is 0. The fourth-order valence-electron chi connectivity index (χ4n) is 2.31. The quantitative estimate of drug-likeness (QED) is 0.634. The highest BCUT2D eigenvalue weighted by Gasteiger charge is 2.13. The second-order valence-corrected chi connectivity index (χ2v) is 5.60. The van der Waals surface area contributed by atoms with Crippen molar-refractivity contribution in [3.63, 3.8) is 0 Å². The lowest BCUT2D eigenvalue weighted by Gasteiger charge is -2.08. The minimum atomic E-state index is -0.452. The number of rotatable bonds is 6. The summed E-state index contributed by atoms with van der Waals surface area (Å²) in [6, 6.07) is 17.1. The molecule has 1 aromatic heterocycles. The Balaban J connectivity index is 1.56. The third-order valence-electron chi connectivity index (χ3n) is 3.72. The van der Waals surface area contributed by atoms with E-state index >= 15 is 0 Å². The molecule has 0 unspecified atom stereocenters. The molecule has 5 nitrogen and oxygen atoms in total. The highest BCUT2D eigenvalue weighted by molar-refractivity contribution is 5.71. The zero-order valence-electron chi connectivity index (χ0n) is 14.2. The summed E-state index contributed by atoms with van der Waals surface area (Å²) in [5.74, 6) is 1.36. The Morgan fingerprint density at radius 1 is 1.04 bits per heavy atom. The van der Waals surface area contributed by atoms with Crippen LogP contribution in [0.5, 0.6) is 5.75 Å². The highest BCUT2D eigenvalue weighted by atomic mass is 16.6. The van der Waals surface area contributed by atoms with Gasteiger partial charge in [-0.1, -0.05) is 36.4 Å². The minimum absolute atomic E-state index is 0.0537. The van der Waals surface area contributed by atoms with E-state index < -0.39 is 5.97 Å². The maximum atomic E-state index is 11.9. The van der Waals surface area contributed by atoms with Crippen LogP contribution in [0.4, 0.5) is 0 Å². The van der Waals surface area contributed by atoms with Crippen LogP contribution in [0.25, 0.3) is 11.5 Å². The maximum Gasteiger partial charge on any atom is 0.344 e. The van der Waals surface area contributed by atoms with Gasteiger partial charge in [0, 0.05) is 5.56 Å². The smallest absolute Gasteiger partial charge is 0.344 e. The van der Waals surface area contributed by atoms with Crippen molar-refractivity contribution in [1.29, 1.82) is 0 Å². The van der Waals surface area contributed by atoms with Gasteiger partial charge in [0.2, 0.25) is 5.89 Å². The molecule has 0 saturated heterocycles. The molecular formula is C20H19NO4. The first-order valence-corrected chi connectivity index (χ1v) is 7.99. The summed E-state index contributed by atoms with van der Waals surface area (Å²) in [7, 11) is 0. The van der Waals surface area contributed by atoms with Crippen LogP contribution in [0.1, 0.15) is 17.0 Å². The van der Waals surface area contributed by atoms with E-state index in [0.717, 1.165) is 11.1 Å². The number of hydrogen-bond acceptors (Lipinski definition) is 5. The number of nitrogens with zero attached hydrogens (tertiary/aromatic N) is 1. The van der Waals surface area contributed by atoms with Crippen LogP contribution in [0.2, 0.25) is 0 Å².